The summed E-state index contributed by atoms with van der Waals surface area (Å²) in [6.45, 7) is 1.58. The van der Waals surface area contributed by atoms with E-state index in [1.165, 1.54) is 26.6 Å². The van der Waals surface area contributed by atoms with Gasteiger partial charge in [0, 0.05) is 22.8 Å². The number of benzene rings is 2. The maximum Gasteiger partial charge on any atom is 0.280 e. The van der Waals surface area contributed by atoms with E-state index in [1.54, 1.807) is 25.1 Å². The molecule has 1 heterocycles. The SMILES string of the molecule is CON=C(C(C)=NOCc1ccccc1C(=NOC)c1ncno1)c1ccc(F)cc1F. The third kappa shape index (κ3) is 5.31. The normalized spacial score (nSPS) is 12.6. The van der Waals surface area contributed by atoms with Crippen molar-refractivity contribution in [2.45, 2.75) is 13.5 Å². The molecule has 1 aromatic heterocycles. The second-order valence-electron chi connectivity index (χ2n) is 6.22. The van der Waals surface area contributed by atoms with Crippen molar-refractivity contribution in [3.8, 4) is 0 Å². The van der Waals surface area contributed by atoms with Crippen molar-refractivity contribution in [2.75, 3.05) is 14.2 Å². The molecular weight excluding hydrogens is 424 g/mol. The molecule has 32 heavy (non-hydrogen) atoms. The van der Waals surface area contributed by atoms with E-state index in [9.17, 15) is 8.78 Å². The molecule has 11 heteroatoms. The van der Waals surface area contributed by atoms with Crippen molar-refractivity contribution in [3.63, 3.8) is 0 Å². The number of halogens is 2. The van der Waals surface area contributed by atoms with Gasteiger partial charge in [0.05, 0.1) is 0 Å². The Labute approximate surface area is 182 Å². The van der Waals surface area contributed by atoms with Gasteiger partial charge in [0.1, 0.15) is 43.9 Å². The Morgan fingerprint density at radius 1 is 1.00 bits per heavy atom. The van der Waals surface area contributed by atoms with E-state index in [4.69, 9.17) is 19.0 Å². The van der Waals surface area contributed by atoms with E-state index >= 15 is 0 Å². The van der Waals surface area contributed by atoms with Gasteiger partial charge in [-0.25, -0.2) is 8.78 Å². The summed E-state index contributed by atoms with van der Waals surface area (Å²) >= 11 is 0. The molecule has 0 N–H and O–H groups in total. The van der Waals surface area contributed by atoms with Crippen LogP contribution in [-0.2, 0) is 21.1 Å². The average Bonchev–Trinajstić information content (AvgIpc) is 3.31. The second-order valence-corrected chi connectivity index (χ2v) is 6.22. The molecule has 0 fully saturated rings. The molecule has 0 spiro atoms. The monoisotopic (exact) mass is 443 g/mol. The van der Waals surface area contributed by atoms with Crippen molar-refractivity contribution >= 4 is 17.1 Å². The van der Waals surface area contributed by atoms with Crippen molar-refractivity contribution in [1.82, 2.24) is 10.1 Å². The molecule has 9 nitrogen and oxygen atoms in total. The van der Waals surface area contributed by atoms with Gasteiger partial charge in [-0.2, -0.15) is 4.98 Å². The van der Waals surface area contributed by atoms with Crippen LogP contribution in [0.15, 0.2) is 68.8 Å². The van der Waals surface area contributed by atoms with Crippen LogP contribution in [0.2, 0.25) is 0 Å². The third-order valence-electron chi connectivity index (χ3n) is 4.15. The summed E-state index contributed by atoms with van der Waals surface area (Å²) in [5.41, 5.74) is 1.94. The predicted octanol–water partition coefficient (Wildman–Crippen LogP) is 3.69. The van der Waals surface area contributed by atoms with Crippen LogP contribution in [0.25, 0.3) is 0 Å². The van der Waals surface area contributed by atoms with Crippen molar-refractivity contribution in [1.29, 1.82) is 0 Å². The number of hydrogen-bond donors (Lipinski definition) is 0. The van der Waals surface area contributed by atoms with E-state index < -0.39 is 11.6 Å². The van der Waals surface area contributed by atoms with Gasteiger partial charge in [-0.05, 0) is 19.1 Å². The highest BCUT2D eigenvalue weighted by Crippen LogP contribution is 2.17. The van der Waals surface area contributed by atoms with Crippen LogP contribution in [-0.4, -0.2) is 41.5 Å². The maximum absolute atomic E-state index is 14.2. The van der Waals surface area contributed by atoms with Gasteiger partial charge in [0.2, 0.25) is 0 Å². The summed E-state index contributed by atoms with van der Waals surface area (Å²) in [5.74, 6) is -1.35. The van der Waals surface area contributed by atoms with Gasteiger partial charge in [0.15, 0.2) is 12.0 Å². The molecule has 0 saturated heterocycles. The largest absolute Gasteiger partial charge is 0.399 e. The van der Waals surface area contributed by atoms with Gasteiger partial charge >= 0.3 is 0 Å². The summed E-state index contributed by atoms with van der Waals surface area (Å²) < 4.78 is 32.5. The minimum Gasteiger partial charge on any atom is -0.399 e. The van der Waals surface area contributed by atoms with Crippen molar-refractivity contribution in [2.24, 2.45) is 15.5 Å². The van der Waals surface area contributed by atoms with E-state index in [0.29, 0.717) is 16.8 Å². The maximum atomic E-state index is 14.2. The standard InChI is InChI=1S/C21H19F2N5O4/c1-13(19(27-29-2)17-9-8-15(22)10-18(17)23)26-31-11-14-6-4-5-7-16(14)20(28-30-3)21-24-12-25-32-21/h4-10,12H,11H2,1-3H3. The molecule has 0 radical (unpaired) electrons. The zero-order valence-electron chi connectivity index (χ0n) is 17.5. The van der Waals surface area contributed by atoms with E-state index in [-0.39, 0.29) is 29.5 Å². The fourth-order valence-electron chi connectivity index (χ4n) is 2.77. The summed E-state index contributed by atoms with van der Waals surface area (Å²) in [6, 6.07) is 10.3. The van der Waals surface area contributed by atoms with Crippen LogP contribution < -0.4 is 0 Å². The molecule has 0 saturated carbocycles. The van der Waals surface area contributed by atoms with Crippen LogP contribution in [0.5, 0.6) is 0 Å². The van der Waals surface area contributed by atoms with Gasteiger partial charge in [0.25, 0.3) is 5.89 Å². The molecule has 0 bridgehead atoms. The van der Waals surface area contributed by atoms with Crippen molar-refractivity contribution < 1.29 is 27.8 Å². The summed E-state index contributed by atoms with van der Waals surface area (Å²) in [6.07, 6.45) is 1.25. The number of nitrogens with zero attached hydrogens (tertiary/aromatic N) is 5. The zero-order chi connectivity index (χ0) is 22.9. The highest BCUT2D eigenvalue weighted by Gasteiger charge is 2.18. The van der Waals surface area contributed by atoms with Crippen LogP contribution in [0.4, 0.5) is 8.78 Å². The highest BCUT2D eigenvalue weighted by atomic mass is 19.1. The number of hydrogen-bond acceptors (Lipinski definition) is 9. The lowest BCUT2D eigenvalue weighted by atomic mass is 10.0. The van der Waals surface area contributed by atoms with E-state index in [1.807, 2.05) is 6.07 Å². The average molecular weight is 443 g/mol. The quantitative estimate of drug-likeness (QED) is 0.369. The summed E-state index contributed by atoms with van der Waals surface area (Å²) in [4.78, 5) is 19.2. The Balaban J connectivity index is 1.84. The first-order valence-corrected chi connectivity index (χ1v) is 9.25. The first-order valence-electron chi connectivity index (χ1n) is 9.25. The van der Waals surface area contributed by atoms with E-state index in [0.717, 1.165) is 12.1 Å². The van der Waals surface area contributed by atoms with Crippen LogP contribution in [0.1, 0.15) is 29.5 Å². The molecular formula is C21H19F2N5O4. The minimum absolute atomic E-state index is 0.0180. The lowest BCUT2D eigenvalue weighted by Crippen LogP contribution is -2.15. The molecule has 0 unspecified atom stereocenters. The Morgan fingerprint density at radius 2 is 1.78 bits per heavy atom. The fraction of sp³-hybridized carbons (Fsp3) is 0.190. The summed E-state index contributed by atoms with van der Waals surface area (Å²) in [7, 11) is 2.70. The molecule has 0 amide bonds. The minimum atomic E-state index is -0.805. The number of oxime groups is 3. The Morgan fingerprint density at radius 3 is 2.47 bits per heavy atom. The first kappa shape index (κ1) is 22.5. The number of aromatic nitrogens is 2. The van der Waals surface area contributed by atoms with Crippen LogP contribution in [0.3, 0.4) is 0 Å². The predicted molar refractivity (Wildman–Crippen MR) is 111 cm³/mol. The lowest BCUT2D eigenvalue weighted by Gasteiger charge is -2.10. The Hall–Kier alpha value is -4.15. The smallest absolute Gasteiger partial charge is 0.280 e. The lowest BCUT2D eigenvalue weighted by molar-refractivity contribution is 0.130. The fourth-order valence-corrected chi connectivity index (χ4v) is 2.77. The molecule has 0 atom stereocenters. The molecule has 3 aromatic rings. The molecule has 0 aliphatic rings. The van der Waals surface area contributed by atoms with Crippen molar-refractivity contribution in [3.05, 3.63) is 83.0 Å². The molecule has 0 aliphatic heterocycles. The molecule has 3 rings (SSSR count). The van der Waals surface area contributed by atoms with Gasteiger partial charge in [-0.3, -0.25) is 0 Å². The zero-order valence-corrected chi connectivity index (χ0v) is 17.5. The second kappa shape index (κ2) is 10.8. The first-order chi connectivity index (χ1) is 15.5. The van der Waals surface area contributed by atoms with Gasteiger partial charge in [-0.1, -0.05) is 44.9 Å². The van der Waals surface area contributed by atoms with Crippen LogP contribution in [0, 0.1) is 11.6 Å². The highest BCUT2D eigenvalue weighted by molar-refractivity contribution is 6.47. The van der Waals surface area contributed by atoms with Gasteiger partial charge < -0.3 is 19.0 Å². The topological polar surface area (TPSA) is 104 Å². The van der Waals surface area contributed by atoms with Crippen LogP contribution >= 0.6 is 0 Å². The number of rotatable bonds is 9. The third-order valence-corrected chi connectivity index (χ3v) is 4.15. The molecule has 0 aliphatic carbocycles. The molecule has 166 valence electrons. The Bertz CT molecular complexity index is 1150. The van der Waals surface area contributed by atoms with Gasteiger partial charge in [-0.15, -0.1) is 0 Å². The Kier molecular flexibility index (Phi) is 7.57. The van der Waals surface area contributed by atoms with E-state index in [2.05, 4.69) is 25.6 Å². The summed E-state index contributed by atoms with van der Waals surface area (Å²) in [5, 5.41) is 15.4. The molecule has 2 aromatic carbocycles.